The number of hydrazone groups is 1. The van der Waals surface area contributed by atoms with E-state index in [1.165, 1.54) is 29.2 Å². The van der Waals surface area contributed by atoms with Gasteiger partial charge >= 0.3 is 5.97 Å². The molecule has 0 bridgehead atoms. The summed E-state index contributed by atoms with van der Waals surface area (Å²) in [7, 11) is 0. The first kappa shape index (κ1) is 25.6. The quantitative estimate of drug-likeness (QED) is 0.234. The Kier molecular flexibility index (Phi) is 13.4. The van der Waals surface area contributed by atoms with E-state index in [-0.39, 0.29) is 18.1 Å². The Morgan fingerprint density at radius 1 is 0.929 bits per heavy atom. The number of aliphatic carboxylic acids is 1. The van der Waals surface area contributed by atoms with Gasteiger partial charge in [0.05, 0.1) is 0 Å². The van der Waals surface area contributed by atoms with E-state index in [9.17, 15) is 4.79 Å². The fraction of sp³-hybridized carbons (Fsp3) is 0.333. The van der Waals surface area contributed by atoms with Crippen LogP contribution in [-0.2, 0) is 17.6 Å². The number of aryl methyl sites for hydroxylation is 2. The van der Waals surface area contributed by atoms with Crippen LogP contribution in [0.2, 0.25) is 0 Å². The Morgan fingerprint density at radius 2 is 1.36 bits per heavy atom. The molecule has 0 aliphatic heterocycles. The number of carboxylic acid groups (broad SMARTS) is 1. The maximum atomic E-state index is 10.4. The van der Waals surface area contributed by atoms with Crippen molar-refractivity contribution in [3.05, 3.63) is 70.8 Å². The summed E-state index contributed by atoms with van der Waals surface area (Å²) in [6.45, 7) is 7.06. The van der Waals surface area contributed by atoms with Gasteiger partial charge in [-0.05, 0) is 44.7 Å². The van der Waals surface area contributed by atoms with Crippen molar-refractivity contribution in [3.63, 3.8) is 0 Å². The largest absolute Gasteiger partial charge is 0.477 e. The number of carbonyl (C=O) groups is 1. The molecule has 0 fully saturated rings. The first-order valence-corrected chi connectivity index (χ1v) is 8.97. The number of carboxylic acids is 1. The highest BCUT2D eigenvalue weighted by atomic mass is 35.5. The zero-order chi connectivity index (χ0) is 20.1. The van der Waals surface area contributed by atoms with Gasteiger partial charge in [0.1, 0.15) is 5.71 Å². The predicted octanol–water partition coefficient (Wildman–Crippen LogP) is 3.01. The lowest BCUT2D eigenvalue weighted by atomic mass is 10.1. The van der Waals surface area contributed by atoms with Crippen LogP contribution in [0.25, 0.3) is 0 Å². The molecule has 0 radical (unpaired) electrons. The minimum absolute atomic E-state index is 0. The van der Waals surface area contributed by atoms with E-state index in [1.54, 1.807) is 0 Å². The van der Waals surface area contributed by atoms with E-state index in [4.69, 9.17) is 10.9 Å². The number of benzene rings is 2. The molecule has 0 amide bonds. The number of halogens is 1. The third-order valence-corrected chi connectivity index (χ3v) is 3.88. The van der Waals surface area contributed by atoms with Crippen molar-refractivity contribution in [2.45, 2.75) is 33.6 Å². The van der Waals surface area contributed by atoms with Crippen LogP contribution in [-0.4, -0.2) is 29.9 Å². The smallest absolute Gasteiger partial charge is 0.351 e. The van der Waals surface area contributed by atoms with Gasteiger partial charge in [0, 0.05) is 13.1 Å². The van der Waals surface area contributed by atoms with Gasteiger partial charge < -0.3 is 10.5 Å². The summed E-state index contributed by atoms with van der Waals surface area (Å²) in [6, 6.07) is 16.7. The Balaban J connectivity index is 0.000000535. The lowest BCUT2D eigenvalue weighted by Crippen LogP contribution is -2.24. The van der Waals surface area contributed by atoms with Crippen molar-refractivity contribution in [1.29, 1.82) is 0 Å². The van der Waals surface area contributed by atoms with Crippen LogP contribution >= 0.6 is 12.4 Å². The van der Waals surface area contributed by atoms with Gasteiger partial charge in [0.15, 0.2) is 0 Å². The highest BCUT2D eigenvalue weighted by molar-refractivity contribution is 6.34. The first-order chi connectivity index (χ1) is 12.9. The van der Waals surface area contributed by atoms with Gasteiger partial charge in [0.25, 0.3) is 0 Å². The van der Waals surface area contributed by atoms with Crippen molar-refractivity contribution in [3.8, 4) is 0 Å². The molecule has 0 saturated carbocycles. The molecular weight excluding hydrogens is 376 g/mol. The molecule has 0 aliphatic rings. The zero-order valence-corrected chi connectivity index (χ0v) is 17.6. The van der Waals surface area contributed by atoms with Gasteiger partial charge in [-0.3, -0.25) is 11.3 Å². The van der Waals surface area contributed by atoms with Gasteiger partial charge in [-0.2, -0.15) is 5.10 Å². The zero-order valence-electron chi connectivity index (χ0n) is 16.7. The van der Waals surface area contributed by atoms with E-state index in [0.29, 0.717) is 6.54 Å². The summed E-state index contributed by atoms with van der Waals surface area (Å²) in [5.74, 6) is 4.16. The fourth-order valence-corrected chi connectivity index (χ4v) is 2.15. The van der Waals surface area contributed by atoms with Gasteiger partial charge in [0.2, 0.25) is 0 Å². The molecular formula is C21H31ClN4O2. The SMILES string of the molecule is CC(=NNCCc1ccc(C)cc1)C(=O)O.Cc1ccc(CCNN)cc1.Cl. The molecule has 0 aliphatic carbocycles. The van der Waals surface area contributed by atoms with E-state index >= 15 is 0 Å². The average Bonchev–Trinajstić information content (AvgIpc) is 2.66. The molecule has 154 valence electrons. The third-order valence-electron chi connectivity index (χ3n) is 3.88. The molecule has 0 heterocycles. The van der Waals surface area contributed by atoms with Crippen molar-refractivity contribution < 1.29 is 9.90 Å². The lowest BCUT2D eigenvalue weighted by Gasteiger charge is -2.02. The van der Waals surface area contributed by atoms with Crippen molar-refractivity contribution in [2.75, 3.05) is 13.1 Å². The van der Waals surface area contributed by atoms with Crippen molar-refractivity contribution in [2.24, 2.45) is 10.9 Å². The van der Waals surface area contributed by atoms with E-state index in [1.807, 2.05) is 6.92 Å². The number of rotatable bonds is 8. The summed E-state index contributed by atoms with van der Waals surface area (Å²) >= 11 is 0. The Morgan fingerprint density at radius 3 is 1.75 bits per heavy atom. The summed E-state index contributed by atoms with van der Waals surface area (Å²) in [5.41, 5.74) is 10.5. The minimum atomic E-state index is -0.997. The molecule has 0 atom stereocenters. The molecule has 0 aromatic heterocycles. The Hall–Kier alpha value is -2.41. The van der Waals surface area contributed by atoms with E-state index in [2.05, 4.69) is 71.4 Å². The Bertz CT molecular complexity index is 716. The molecule has 7 heteroatoms. The van der Waals surface area contributed by atoms with Crippen molar-refractivity contribution in [1.82, 2.24) is 10.9 Å². The lowest BCUT2D eigenvalue weighted by molar-refractivity contribution is -0.129. The van der Waals surface area contributed by atoms with Crippen LogP contribution in [0.1, 0.15) is 29.2 Å². The topological polar surface area (TPSA) is 99.7 Å². The highest BCUT2D eigenvalue weighted by Crippen LogP contribution is 2.03. The summed E-state index contributed by atoms with van der Waals surface area (Å²) in [4.78, 5) is 10.4. The second kappa shape index (κ2) is 14.6. The number of hydrogen-bond acceptors (Lipinski definition) is 5. The number of nitrogens with two attached hydrogens (primary N) is 1. The molecule has 0 unspecified atom stereocenters. The maximum absolute atomic E-state index is 10.4. The molecule has 2 aromatic rings. The fourth-order valence-electron chi connectivity index (χ4n) is 2.15. The third kappa shape index (κ3) is 11.3. The van der Waals surface area contributed by atoms with Crippen LogP contribution in [0.4, 0.5) is 0 Å². The predicted molar refractivity (Wildman–Crippen MR) is 118 cm³/mol. The monoisotopic (exact) mass is 406 g/mol. The number of hydrogen-bond donors (Lipinski definition) is 4. The Labute approximate surface area is 173 Å². The molecule has 2 aromatic carbocycles. The molecule has 6 nitrogen and oxygen atoms in total. The number of nitrogens with one attached hydrogen (secondary N) is 2. The standard InChI is InChI=1S/C12H16N2O2.C9H14N2.ClH/c1-9-3-5-11(6-4-9)7-8-13-14-10(2)12(15)16;1-8-2-4-9(5-3-8)6-7-11-10;/h3-6,13H,7-8H2,1-2H3,(H,15,16);2-5,11H,6-7,10H2,1H3;1H. The van der Waals surface area contributed by atoms with Crippen LogP contribution < -0.4 is 16.7 Å². The normalized spacial score (nSPS) is 10.4. The van der Waals surface area contributed by atoms with Crippen LogP contribution in [0.3, 0.4) is 0 Å². The molecule has 28 heavy (non-hydrogen) atoms. The van der Waals surface area contributed by atoms with Crippen LogP contribution in [0.5, 0.6) is 0 Å². The van der Waals surface area contributed by atoms with Gasteiger partial charge in [-0.15, -0.1) is 12.4 Å². The van der Waals surface area contributed by atoms with Crippen LogP contribution in [0, 0.1) is 13.8 Å². The van der Waals surface area contributed by atoms with E-state index in [0.717, 1.165) is 19.4 Å². The molecule has 5 N–H and O–H groups in total. The van der Waals surface area contributed by atoms with Gasteiger partial charge in [-0.1, -0.05) is 59.7 Å². The summed E-state index contributed by atoms with van der Waals surface area (Å²) < 4.78 is 0. The maximum Gasteiger partial charge on any atom is 0.351 e. The molecule has 0 saturated heterocycles. The molecule has 2 rings (SSSR count). The summed E-state index contributed by atoms with van der Waals surface area (Å²) in [5, 5.41) is 12.3. The van der Waals surface area contributed by atoms with Crippen molar-refractivity contribution >= 4 is 24.1 Å². The van der Waals surface area contributed by atoms with Crippen LogP contribution in [0.15, 0.2) is 53.6 Å². The van der Waals surface area contributed by atoms with E-state index < -0.39 is 5.97 Å². The molecule has 0 spiro atoms. The second-order valence-corrected chi connectivity index (χ2v) is 6.34. The number of nitrogens with zero attached hydrogens (tertiary/aromatic N) is 1. The summed E-state index contributed by atoms with van der Waals surface area (Å²) in [6.07, 6.45) is 1.83. The second-order valence-electron chi connectivity index (χ2n) is 6.34. The number of hydrazine groups is 1. The average molecular weight is 407 g/mol. The highest BCUT2D eigenvalue weighted by Gasteiger charge is 2.00. The van der Waals surface area contributed by atoms with Gasteiger partial charge in [-0.25, -0.2) is 4.79 Å². The minimum Gasteiger partial charge on any atom is -0.477 e. The first-order valence-electron chi connectivity index (χ1n) is 8.97.